The number of rotatable bonds is 3. The summed E-state index contributed by atoms with van der Waals surface area (Å²) in [6, 6.07) is 7.16. The van der Waals surface area contributed by atoms with Gasteiger partial charge in [-0.3, -0.25) is 4.98 Å². The van der Waals surface area contributed by atoms with Gasteiger partial charge in [-0.25, -0.2) is 8.78 Å². The normalized spacial score (nSPS) is 14.2. The predicted molar refractivity (Wildman–Crippen MR) is 68.9 cm³/mol. The van der Waals surface area contributed by atoms with E-state index >= 15 is 0 Å². The van der Waals surface area contributed by atoms with Gasteiger partial charge >= 0.3 is 0 Å². The Morgan fingerprint density at radius 2 is 2.00 bits per heavy atom. The summed E-state index contributed by atoms with van der Waals surface area (Å²) in [5.74, 6) is -1.06. The van der Waals surface area contributed by atoms with E-state index in [-0.39, 0.29) is 22.7 Å². The standard InChI is InChI=1S/C14H12ClF2NO/c1-14(19,12-6-5-10(16)8-18-12)7-9-3-2-4-11(15)13(9)17/h2-6,8,19H,7H2,1H3. The Morgan fingerprint density at radius 3 is 2.63 bits per heavy atom. The number of benzene rings is 1. The molecule has 2 aromatic rings. The molecule has 2 nitrogen and oxygen atoms in total. The molecule has 0 fully saturated rings. The Balaban J connectivity index is 2.30. The molecule has 0 saturated carbocycles. The summed E-state index contributed by atoms with van der Waals surface area (Å²) in [7, 11) is 0. The number of pyridine rings is 1. The van der Waals surface area contributed by atoms with E-state index in [0.29, 0.717) is 0 Å². The SMILES string of the molecule is CC(O)(Cc1cccc(Cl)c1F)c1ccc(F)cn1. The zero-order valence-corrected chi connectivity index (χ0v) is 11.0. The summed E-state index contributed by atoms with van der Waals surface area (Å²) < 4.78 is 26.6. The Kier molecular flexibility index (Phi) is 3.83. The lowest BCUT2D eigenvalue weighted by Gasteiger charge is -2.23. The van der Waals surface area contributed by atoms with Crippen molar-refractivity contribution in [3.8, 4) is 0 Å². The smallest absolute Gasteiger partial charge is 0.145 e. The van der Waals surface area contributed by atoms with Crippen molar-refractivity contribution in [1.82, 2.24) is 4.98 Å². The van der Waals surface area contributed by atoms with Gasteiger partial charge in [0.25, 0.3) is 0 Å². The Bertz CT molecular complexity index is 584. The molecule has 0 aliphatic heterocycles. The van der Waals surface area contributed by atoms with Crippen LogP contribution in [0.3, 0.4) is 0 Å². The van der Waals surface area contributed by atoms with Crippen molar-refractivity contribution in [1.29, 1.82) is 0 Å². The highest BCUT2D eigenvalue weighted by atomic mass is 35.5. The number of nitrogens with zero attached hydrogens (tertiary/aromatic N) is 1. The first kappa shape index (κ1) is 13.9. The second-order valence-corrected chi connectivity index (χ2v) is 4.93. The summed E-state index contributed by atoms with van der Waals surface area (Å²) >= 11 is 5.69. The monoisotopic (exact) mass is 283 g/mol. The van der Waals surface area contributed by atoms with E-state index in [2.05, 4.69) is 4.98 Å². The highest BCUT2D eigenvalue weighted by Gasteiger charge is 2.27. The van der Waals surface area contributed by atoms with Crippen LogP contribution in [0.25, 0.3) is 0 Å². The van der Waals surface area contributed by atoms with Crippen molar-refractivity contribution in [3.63, 3.8) is 0 Å². The number of halogens is 3. The molecule has 0 bridgehead atoms. The van der Waals surface area contributed by atoms with Gasteiger partial charge in [0, 0.05) is 6.42 Å². The molecule has 100 valence electrons. The molecular formula is C14H12ClF2NO. The van der Waals surface area contributed by atoms with Crippen LogP contribution in [-0.2, 0) is 12.0 Å². The third-order valence-electron chi connectivity index (χ3n) is 2.85. The molecule has 0 spiro atoms. The second kappa shape index (κ2) is 5.23. The highest BCUT2D eigenvalue weighted by molar-refractivity contribution is 6.30. The van der Waals surface area contributed by atoms with Gasteiger partial charge in [0.2, 0.25) is 0 Å². The minimum absolute atomic E-state index is 0.000338. The molecule has 0 saturated heterocycles. The third-order valence-corrected chi connectivity index (χ3v) is 3.14. The average molecular weight is 284 g/mol. The fourth-order valence-corrected chi connectivity index (χ4v) is 2.03. The molecule has 0 amide bonds. The lowest BCUT2D eigenvalue weighted by atomic mass is 9.92. The van der Waals surface area contributed by atoms with Crippen LogP contribution in [0.1, 0.15) is 18.2 Å². The molecule has 1 aromatic heterocycles. The first-order chi connectivity index (χ1) is 8.90. The van der Waals surface area contributed by atoms with Gasteiger partial charge in [0.15, 0.2) is 0 Å². The minimum Gasteiger partial charge on any atom is -0.383 e. The topological polar surface area (TPSA) is 33.1 Å². The molecule has 1 heterocycles. The molecule has 1 atom stereocenters. The van der Waals surface area contributed by atoms with Crippen LogP contribution in [-0.4, -0.2) is 10.1 Å². The zero-order chi connectivity index (χ0) is 14.0. The lowest BCUT2D eigenvalue weighted by Crippen LogP contribution is -2.26. The highest BCUT2D eigenvalue weighted by Crippen LogP contribution is 2.27. The first-order valence-corrected chi connectivity index (χ1v) is 6.05. The fraction of sp³-hybridized carbons (Fsp3) is 0.214. The van der Waals surface area contributed by atoms with E-state index in [0.717, 1.165) is 6.20 Å². The van der Waals surface area contributed by atoms with Crippen LogP contribution in [0.4, 0.5) is 8.78 Å². The molecule has 1 N–H and O–H groups in total. The summed E-state index contributed by atoms with van der Waals surface area (Å²) in [4.78, 5) is 3.82. The minimum atomic E-state index is -1.40. The second-order valence-electron chi connectivity index (χ2n) is 4.53. The average Bonchev–Trinajstić information content (AvgIpc) is 2.35. The van der Waals surface area contributed by atoms with E-state index in [1.54, 1.807) is 12.1 Å². The van der Waals surface area contributed by atoms with Crippen molar-refractivity contribution in [3.05, 3.63) is 64.4 Å². The number of hydrogen-bond acceptors (Lipinski definition) is 2. The van der Waals surface area contributed by atoms with Crippen LogP contribution in [0.5, 0.6) is 0 Å². The summed E-state index contributed by atoms with van der Waals surface area (Å²) in [6.07, 6.45) is 1.01. The van der Waals surface area contributed by atoms with Crippen LogP contribution in [0.15, 0.2) is 36.5 Å². The van der Waals surface area contributed by atoms with Gasteiger partial charge in [0.05, 0.1) is 16.9 Å². The summed E-state index contributed by atoms with van der Waals surface area (Å²) in [6.45, 7) is 1.49. The van der Waals surface area contributed by atoms with Gasteiger partial charge in [0.1, 0.15) is 17.2 Å². The molecule has 1 aromatic carbocycles. The molecular weight excluding hydrogens is 272 g/mol. The number of aromatic nitrogens is 1. The predicted octanol–water partition coefficient (Wildman–Crippen LogP) is 3.46. The third kappa shape index (κ3) is 3.08. The van der Waals surface area contributed by atoms with Crippen LogP contribution in [0, 0.1) is 11.6 Å². The van der Waals surface area contributed by atoms with Crippen LogP contribution in [0.2, 0.25) is 5.02 Å². The maximum absolute atomic E-state index is 13.8. The summed E-state index contributed by atoms with van der Waals surface area (Å²) in [5, 5.41) is 10.4. The number of aliphatic hydroxyl groups is 1. The Morgan fingerprint density at radius 1 is 1.26 bits per heavy atom. The van der Waals surface area contributed by atoms with Crippen molar-refractivity contribution >= 4 is 11.6 Å². The molecule has 19 heavy (non-hydrogen) atoms. The largest absolute Gasteiger partial charge is 0.383 e. The van der Waals surface area contributed by atoms with Gasteiger partial charge in [-0.05, 0) is 30.7 Å². The molecule has 0 aliphatic carbocycles. The van der Waals surface area contributed by atoms with Crippen molar-refractivity contribution in [2.45, 2.75) is 18.9 Å². The molecule has 1 unspecified atom stereocenters. The van der Waals surface area contributed by atoms with Crippen molar-refractivity contribution in [2.24, 2.45) is 0 Å². The molecule has 0 radical (unpaired) electrons. The van der Waals surface area contributed by atoms with Gasteiger partial charge in [-0.2, -0.15) is 0 Å². The van der Waals surface area contributed by atoms with Gasteiger partial charge < -0.3 is 5.11 Å². The number of hydrogen-bond donors (Lipinski definition) is 1. The van der Waals surface area contributed by atoms with Crippen LogP contribution < -0.4 is 0 Å². The fourth-order valence-electron chi connectivity index (χ4n) is 1.84. The first-order valence-electron chi connectivity index (χ1n) is 5.67. The van der Waals surface area contributed by atoms with E-state index in [1.807, 2.05) is 0 Å². The lowest BCUT2D eigenvalue weighted by molar-refractivity contribution is 0.0520. The van der Waals surface area contributed by atoms with E-state index < -0.39 is 17.2 Å². The van der Waals surface area contributed by atoms with Crippen LogP contribution >= 0.6 is 11.6 Å². The van der Waals surface area contributed by atoms with Gasteiger partial charge in [-0.15, -0.1) is 0 Å². The Hall–Kier alpha value is -1.52. The Labute approximate surface area is 114 Å². The van der Waals surface area contributed by atoms with Gasteiger partial charge in [-0.1, -0.05) is 23.7 Å². The van der Waals surface area contributed by atoms with E-state index in [1.165, 1.54) is 25.1 Å². The molecule has 2 rings (SSSR count). The van der Waals surface area contributed by atoms with E-state index in [9.17, 15) is 13.9 Å². The molecule has 0 aliphatic rings. The van der Waals surface area contributed by atoms with Crippen molar-refractivity contribution < 1.29 is 13.9 Å². The zero-order valence-electron chi connectivity index (χ0n) is 10.2. The maximum atomic E-state index is 13.8. The summed E-state index contributed by atoms with van der Waals surface area (Å²) in [5.41, 5.74) is -0.851. The quantitative estimate of drug-likeness (QED) is 0.936. The van der Waals surface area contributed by atoms with Crippen molar-refractivity contribution in [2.75, 3.05) is 0 Å². The van der Waals surface area contributed by atoms with E-state index in [4.69, 9.17) is 11.6 Å². The molecule has 5 heteroatoms. The maximum Gasteiger partial charge on any atom is 0.145 e.